The zero-order valence-electron chi connectivity index (χ0n) is 8.66. The van der Waals surface area contributed by atoms with E-state index in [4.69, 9.17) is 0 Å². The summed E-state index contributed by atoms with van der Waals surface area (Å²) >= 11 is 1.87. The predicted octanol–water partition coefficient (Wildman–Crippen LogP) is 1.98. The number of nitrogens with zero attached hydrogens (tertiary/aromatic N) is 2. The molecule has 0 saturated carbocycles. The minimum Gasteiger partial charge on any atom is -0.359 e. The Kier molecular flexibility index (Phi) is 3.66. The third-order valence-electron chi connectivity index (χ3n) is 1.98. The molecule has 0 aliphatic carbocycles. The first-order chi connectivity index (χ1) is 6.17. The van der Waals surface area contributed by atoms with Crippen LogP contribution in [0.25, 0.3) is 0 Å². The lowest BCUT2D eigenvalue weighted by Crippen LogP contribution is -2.10. The van der Waals surface area contributed by atoms with Gasteiger partial charge in [0.05, 0.1) is 5.69 Å². The summed E-state index contributed by atoms with van der Waals surface area (Å²) in [6, 6.07) is 0. The van der Waals surface area contributed by atoms with Gasteiger partial charge >= 0.3 is 0 Å². The van der Waals surface area contributed by atoms with Gasteiger partial charge in [-0.3, -0.25) is 0 Å². The molecular weight excluding hydrogens is 182 g/mol. The van der Waals surface area contributed by atoms with Crippen LogP contribution in [0.2, 0.25) is 0 Å². The van der Waals surface area contributed by atoms with Gasteiger partial charge in [0.1, 0.15) is 0 Å². The highest BCUT2D eigenvalue weighted by atomic mass is 32.2. The minimum absolute atomic E-state index is 0.626. The van der Waals surface area contributed by atoms with Gasteiger partial charge in [0.2, 0.25) is 5.95 Å². The second-order valence-corrected chi connectivity index (χ2v) is 4.43. The maximum atomic E-state index is 4.36. The van der Waals surface area contributed by atoms with Gasteiger partial charge < -0.3 is 9.88 Å². The lowest BCUT2D eigenvalue weighted by molar-refractivity contribution is 0.698. The standard InChI is InChI=1S/C9H17N3S/c1-7-5-12(6-8(2)13-4)9(10-3)11-7/h5,8H,6H2,1-4H3,(H,10,11). The smallest absolute Gasteiger partial charge is 0.202 e. The summed E-state index contributed by atoms with van der Waals surface area (Å²) in [6.45, 7) is 5.25. The van der Waals surface area contributed by atoms with Crippen molar-refractivity contribution in [1.82, 2.24) is 9.55 Å². The summed E-state index contributed by atoms with van der Waals surface area (Å²) in [5.74, 6) is 0.957. The number of aromatic nitrogens is 2. The maximum Gasteiger partial charge on any atom is 0.202 e. The first-order valence-electron chi connectivity index (χ1n) is 4.41. The summed E-state index contributed by atoms with van der Waals surface area (Å²) in [7, 11) is 1.90. The van der Waals surface area contributed by atoms with E-state index in [0.29, 0.717) is 5.25 Å². The summed E-state index contributed by atoms with van der Waals surface area (Å²) in [6.07, 6.45) is 4.21. The molecule has 1 unspecified atom stereocenters. The minimum atomic E-state index is 0.626. The van der Waals surface area contributed by atoms with Crippen LogP contribution in [-0.4, -0.2) is 28.1 Å². The second kappa shape index (κ2) is 4.56. The number of rotatable bonds is 4. The highest BCUT2D eigenvalue weighted by Gasteiger charge is 2.06. The van der Waals surface area contributed by atoms with Crippen LogP contribution in [0.5, 0.6) is 0 Å². The molecule has 0 amide bonds. The lowest BCUT2D eigenvalue weighted by atomic mass is 10.4. The average molecular weight is 199 g/mol. The van der Waals surface area contributed by atoms with Crippen molar-refractivity contribution < 1.29 is 0 Å². The van der Waals surface area contributed by atoms with E-state index in [1.54, 1.807) is 0 Å². The van der Waals surface area contributed by atoms with Crippen molar-refractivity contribution in [2.45, 2.75) is 25.6 Å². The Morgan fingerprint density at radius 2 is 2.38 bits per heavy atom. The van der Waals surface area contributed by atoms with Gasteiger partial charge in [0.15, 0.2) is 0 Å². The number of hydrogen-bond donors (Lipinski definition) is 1. The van der Waals surface area contributed by atoms with Gasteiger partial charge in [0, 0.05) is 25.0 Å². The molecule has 0 spiro atoms. The van der Waals surface area contributed by atoms with Crippen molar-refractivity contribution in [2.75, 3.05) is 18.6 Å². The Morgan fingerprint density at radius 1 is 1.69 bits per heavy atom. The molecule has 1 atom stereocenters. The van der Waals surface area contributed by atoms with E-state index in [9.17, 15) is 0 Å². The summed E-state index contributed by atoms with van der Waals surface area (Å²) in [4.78, 5) is 4.36. The normalized spacial score (nSPS) is 12.9. The Balaban J connectivity index is 2.74. The van der Waals surface area contributed by atoms with Crippen LogP contribution in [0.1, 0.15) is 12.6 Å². The number of imidazole rings is 1. The Hall–Kier alpha value is -0.640. The summed E-state index contributed by atoms with van der Waals surface area (Å²) in [5, 5.41) is 3.71. The van der Waals surface area contributed by atoms with Crippen molar-refractivity contribution in [2.24, 2.45) is 0 Å². The molecule has 0 radical (unpaired) electrons. The van der Waals surface area contributed by atoms with Gasteiger partial charge in [0.25, 0.3) is 0 Å². The molecule has 4 heteroatoms. The van der Waals surface area contributed by atoms with E-state index < -0.39 is 0 Å². The third-order valence-corrected chi connectivity index (χ3v) is 2.93. The summed E-state index contributed by atoms with van der Waals surface area (Å²) in [5.41, 5.74) is 1.07. The molecule has 0 aliphatic rings. The fourth-order valence-electron chi connectivity index (χ4n) is 1.24. The van der Waals surface area contributed by atoms with Crippen LogP contribution >= 0.6 is 11.8 Å². The topological polar surface area (TPSA) is 29.9 Å². The second-order valence-electron chi connectivity index (χ2n) is 3.15. The predicted molar refractivity (Wildman–Crippen MR) is 59.5 cm³/mol. The van der Waals surface area contributed by atoms with Crippen LogP contribution in [0, 0.1) is 6.92 Å². The Bertz CT molecular complexity index is 270. The van der Waals surface area contributed by atoms with Crippen molar-refractivity contribution >= 4 is 17.7 Å². The SMILES string of the molecule is CNc1nc(C)cn1CC(C)SC. The maximum absolute atomic E-state index is 4.36. The van der Waals surface area contributed by atoms with Crippen molar-refractivity contribution in [3.63, 3.8) is 0 Å². The van der Waals surface area contributed by atoms with Crippen LogP contribution < -0.4 is 5.32 Å². The zero-order chi connectivity index (χ0) is 9.84. The Morgan fingerprint density at radius 3 is 2.92 bits per heavy atom. The highest BCUT2D eigenvalue weighted by Crippen LogP contribution is 2.13. The molecule has 1 rings (SSSR count). The zero-order valence-corrected chi connectivity index (χ0v) is 9.48. The molecule has 3 nitrogen and oxygen atoms in total. The van der Waals surface area contributed by atoms with Crippen LogP contribution in [0.15, 0.2) is 6.20 Å². The van der Waals surface area contributed by atoms with Gasteiger partial charge in [-0.25, -0.2) is 4.98 Å². The molecular formula is C9H17N3S. The monoisotopic (exact) mass is 199 g/mol. The molecule has 1 aromatic rings. The molecule has 1 heterocycles. The molecule has 0 aromatic carbocycles. The molecule has 0 bridgehead atoms. The van der Waals surface area contributed by atoms with Gasteiger partial charge in [-0.15, -0.1) is 0 Å². The molecule has 0 fully saturated rings. The van der Waals surface area contributed by atoms with Gasteiger partial charge in [-0.05, 0) is 13.2 Å². The number of thioether (sulfide) groups is 1. The van der Waals surface area contributed by atoms with Crippen molar-refractivity contribution in [3.8, 4) is 0 Å². The number of nitrogens with one attached hydrogen (secondary N) is 1. The largest absolute Gasteiger partial charge is 0.359 e. The summed E-state index contributed by atoms with van der Waals surface area (Å²) < 4.78 is 2.16. The van der Waals surface area contributed by atoms with Gasteiger partial charge in [-0.1, -0.05) is 6.92 Å². The van der Waals surface area contributed by atoms with Crippen LogP contribution in [0.3, 0.4) is 0 Å². The number of anilines is 1. The molecule has 1 aromatic heterocycles. The molecule has 0 aliphatic heterocycles. The molecule has 13 heavy (non-hydrogen) atoms. The van der Waals surface area contributed by atoms with E-state index in [-0.39, 0.29) is 0 Å². The van der Waals surface area contributed by atoms with E-state index in [2.05, 4.69) is 34.2 Å². The fourth-order valence-corrected chi connectivity index (χ4v) is 1.55. The first-order valence-corrected chi connectivity index (χ1v) is 5.70. The van der Waals surface area contributed by atoms with Gasteiger partial charge in [-0.2, -0.15) is 11.8 Å². The van der Waals surface area contributed by atoms with Crippen molar-refractivity contribution in [3.05, 3.63) is 11.9 Å². The molecule has 0 saturated heterocycles. The van der Waals surface area contributed by atoms with E-state index in [0.717, 1.165) is 18.2 Å². The molecule has 74 valence electrons. The van der Waals surface area contributed by atoms with Crippen molar-refractivity contribution in [1.29, 1.82) is 0 Å². The first kappa shape index (κ1) is 10.4. The number of hydrogen-bond acceptors (Lipinski definition) is 3. The van der Waals surface area contributed by atoms with Crippen LogP contribution in [-0.2, 0) is 6.54 Å². The molecule has 1 N–H and O–H groups in total. The van der Waals surface area contributed by atoms with Crippen LogP contribution in [0.4, 0.5) is 5.95 Å². The average Bonchev–Trinajstić information content (AvgIpc) is 2.46. The number of aryl methyl sites for hydroxylation is 1. The third kappa shape index (κ3) is 2.66. The van der Waals surface area contributed by atoms with E-state index in [1.807, 2.05) is 25.7 Å². The quantitative estimate of drug-likeness (QED) is 0.804. The fraction of sp³-hybridized carbons (Fsp3) is 0.667. The lowest BCUT2D eigenvalue weighted by Gasteiger charge is -2.11. The Labute approximate surface area is 83.9 Å². The van der Waals surface area contributed by atoms with E-state index in [1.165, 1.54) is 0 Å². The van der Waals surface area contributed by atoms with E-state index >= 15 is 0 Å². The highest BCUT2D eigenvalue weighted by molar-refractivity contribution is 7.99.